The van der Waals surface area contributed by atoms with Crippen molar-refractivity contribution in [3.8, 4) is 0 Å². The van der Waals surface area contributed by atoms with Gasteiger partial charge in [0, 0.05) is 49.8 Å². The summed E-state index contributed by atoms with van der Waals surface area (Å²) in [4.78, 5) is 18.1. The topological polar surface area (TPSA) is 68.7 Å². The highest BCUT2D eigenvalue weighted by molar-refractivity contribution is 7.80. The Morgan fingerprint density at radius 1 is 1.03 bits per heavy atom. The van der Waals surface area contributed by atoms with Crippen molar-refractivity contribution < 1.29 is 4.39 Å². The van der Waals surface area contributed by atoms with Crippen molar-refractivity contribution in [2.75, 3.05) is 43.4 Å². The van der Waals surface area contributed by atoms with Crippen molar-refractivity contribution in [2.45, 2.75) is 13.8 Å². The van der Waals surface area contributed by atoms with Crippen molar-refractivity contribution in [3.05, 3.63) is 88.5 Å². The molecule has 0 spiro atoms. The zero-order valence-electron chi connectivity index (χ0n) is 20.8. The van der Waals surface area contributed by atoms with Gasteiger partial charge in [0.2, 0.25) is 17.0 Å². The number of thiocarbonyl (C=S) groups is 1. The minimum absolute atomic E-state index is 0.0104. The van der Waals surface area contributed by atoms with Crippen LogP contribution in [-0.2, 0) is 0 Å². The fourth-order valence-electron chi connectivity index (χ4n) is 3.93. The number of hydrogen-bond acceptors (Lipinski definition) is 4. The zero-order chi connectivity index (χ0) is 26.2. The molecule has 2 N–H and O–H groups in total. The third-order valence-corrected chi connectivity index (χ3v) is 6.21. The predicted octanol–water partition coefficient (Wildman–Crippen LogP) is 5.38. The Balaban J connectivity index is 1.44. The fraction of sp³-hybridized carbons (Fsp3) is 0.259. The summed E-state index contributed by atoms with van der Waals surface area (Å²) in [5, 5.41) is 6.48. The lowest BCUT2D eigenvalue weighted by molar-refractivity contribution is 0.198. The van der Waals surface area contributed by atoms with Gasteiger partial charge < -0.3 is 10.2 Å². The lowest BCUT2D eigenvalue weighted by Crippen LogP contribution is -2.51. The average Bonchev–Trinajstić information content (AvgIpc) is 2.86. The minimum Gasteiger partial charge on any atom is -0.340 e. The van der Waals surface area contributed by atoms with E-state index in [1.807, 2.05) is 38.1 Å². The Labute approximate surface area is 227 Å². The third-order valence-electron chi connectivity index (χ3n) is 5.73. The molecule has 0 saturated carbocycles. The average molecular weight is 538 g/mol. The van der Waals surface area contributed by atoms with Crippen LogP contribution in [0.1, 0.15) is 17.0 Å². The van der Waals surface area contributed by atoms with E-state index >= 15 is 0 Å². The second-order valence-electron chi connectivity index (χ2n) is 8.69. The van der Waals surface area contributed by atoms with Crippen LogP contribution in [0.5, 0.6) is 0 Å². The van der Waals surface area contributed by atoms with E-state index in [9.17, 15) is 4.39 Å². The molecule has 37 heavy (non-hydrogen) atoms. The summed E-state index contributed by atoms with van der Waals surface area (Å²) in [5.74, 6) is 0.514. The molecule has 1 fully saturated rings. The van der Waals surface area contributed by atoms with Crippen LogP contribution in [0.2, 0.25) is 5.02 Å². The molecule has 7 nitrogen and oxygen atoms in total. The summed E-state index contributed by atoms with van der Waals surface area (Å²) in [7, 11) is 0. The number of benzene rings is 2. The molecular formula is C27H29ClFN7S. The van der Waals surface area contributed by atoms with E-state index in [0.29, 0.717) is 17.6 Å². The van der Waals surface area contributed by atoms with Gasteiger partial charge in [-0.15, -0.1) is 0 Å². The molecule has 0 bridgehead atoms. The molecule has 0 aliphatic carbocycles. The highest BCUT2D eigenvalue weighted by atomic mass is 35.5. The molecular weight excluding hydrogens is 509 g/mol. The highest BCUT2D eigenvalue weighted by Crippen LogP contribution is 2.19. The molecule has 1 aromatic heterocycles. The smallest absolute Gasteiger partial charge is 0.229 e. The van der Waals surface area contributed by atoms with E-state index < -0.39 is 5.82 Å². The van der Waals surface area contributed by atoms with Crippen molar-refractivity contribution >= 4 is 52.6 Å². The second-order valence-corrected chi connectivity index (χ2v) is 9.49. The number of nitrogens with zero attached hydrogens (tertiary/aromatic N) is 5. The number of aliphatic imine (C=N–C) groups is 1. The molecule has 0 unspecified atom stereocenters. The van der Waals surface area contributed by atoms with Gasteiger partial charge in [0.25, 0.3) is 0 Å². The predicted molar refractivity (Wildman–Crippen MR) is 154 cm³/mol. The molecule has 0 amide bonds. The van der Waals surface area contributed by atoms with Crippen LogP contribution >= 0.6 is 23.8 Å². The molecule has 4 rings (SSSR count). The normalized spacial score (nSPS) is 14.7. The zero-order valence-corrected chi connectivity index (χ0v) is 22.4. The van der Waals surface area contributed by atoms with Crippen LogP contribution in [0.4, 0.5) is 16.0 Å². The summed E-state index contributed by atoms with van der Waals surface area (Å²) >= 11 is 11.4. The fourth-order valence-corrected chi connectivity index (χ4v) is 4.31. The maximum atomic E-state index is 13.5. The van der Waals surface area contributed by atoms with Gasteiger partial charge in [-0.2, -0.15) is 4.99 Å². The molecule has 3 aromatic rings. The Hall–Kier alpha value is -3.40. The van der Waals surface area contributed by atoms with Crippen molar-refractivity contribution in [1.29, 1.82) is 0 Å². The largest absolute Gasteiger partial charge is 0.340 e. The lowest BCUT2D eigenvalue weighted by atomic mass is 10.2. The number of anilines is 2. The van der Waals surface area contributed by atoms with Gasteiger partial charge in [0.1, 0.15) is 5.82 Å². The Bertz CT molecular complexity index is 1270. The molecule has 2 aromatic carbocycles. The first-order valence-corrected chi connectivity index (χ1v) is 12.8. The SMILES string of the molecule is Cc1cc(C)nc(N/C(=N/C(=S)Nc2ccc(F)c(Cl)c2)N2CCN(C/C=C/c3ccccc3)CC2)n1. The number of rotatable bonds is 5. The number of guanidine groups is 1. The first-order valence-electron chi connectivity index (χ1n) is 12.0. The first-order chi connectivity index (χ1) is 17.9. The Morgan fingerprint density at radius 2 is 1.73 bits per heavy atom. The van der Waals surface area contributed by atoms with E-state index in [2.05, 4.69) is 59.7 Å². The van der Waals surface area contributed by atoms with Crippen LogP contribution in [0.25, 0.3) is 6.08 Å². The molecule has 2 heterocycles. The molecule has 10 heteroatoms. The van der Waals surface area contributed by atoms with E-state index in [4.69, 9.17) is 23.8 Å². The summed E-state index contributed by atoms with van der Waals surface area (Å²) in [5.41, 5.74) is 3.45. The Morgan fingerprint density at radius 3 is 2.41 bits per heavy atom. The van der Waals surface area contributed by atoms with Crippen LogP contribution in [0.3, 0.4) is 0 Å². The number of halogens is 2. The molecule has 192 valence electrons. The van der Waals surface area contributed by atoms with Crippen LogP contribution < -0.4 is 10.6 Å². The number of piperazine rings is 1. The van der Waals surface area contributed by atoms with Gasteiger partial charge in [-0.3, -0.25) is 10.2 Å². The quantitative estimate of drug-likeness (QED) is 0.257. The van der Waals surface area contributed by atoms with Crippen molar-refractivity contribution in [3.63, 3.8) is 0 Å². The molecule has 1 aliphatic heterocycles. The van der Waals surface area contributed by atoms with Gasteiger partial charge in [0.15, 0.2) is 0 Å². The van der Waals surface area contributed by atoms with E-state index in [1.54, 1.807) is 6.07 Å². The number of aromatic nitrogens is 2. The van der Waals surface area contributed by atoms with Crippen LogP contribution in [0.15, 0.2) is 65.7 Å². The van der Waals surface area contributed by atoms with Gasteiger partial charge in [0.05, 0.1) is 5.02 Å². The van der Waals surface area contributed by atoms with E-state index in [1.165, 1.54) is 17.7 Å². The molecule has 0 radical (unpaired) electrons. The first kappa shape index (κ1) is 26.7. The van der Waals surface area contributed by atoms with Gasteiger partial charge >= 0.3 is 0 Å². The van der Waals surface area contributed by atoms with Crippen molar-refractivity contribution in [1.82, 2.24) is 19.8 Å². The van der Waals surface area contributed by atoms with Crippen molar-refractivity contribution in [2.24, 2.45) is 4.99 Å². The maximum Gasteiger partial charge on any atom is 0.229 e. The summed E-state index contributed by atoms with van der Waals surface area (Å²) < 4.78 is 13.5. The van der Waals surface area contributed by atoms with E-state index in [0.717, 1.165) is 44.1 Å². The van der Waals surface area contributed by atoms with Crippen LogP contribution in [0, 0.1) is 19.7 Å². The van der Waals surface area contributed by atoms with Gasteiger partial charge in [-0.25, -0.2) is 14.4 Å². The number of hydrogen-bond donors (Lipinski definition) is 2. The van der Waals surface area contributed by atoms with Gasteiger partial charge in [-0.05, 0) is 55.9 Å². The molecule has 0 atom stereocenters. The number of nitrogens with one attached hydrogen (secondary N) is 2. The molecule has 1 saturated heterocycles. The monoisotopic (exact) mass is 537 g/mol. The van der Waals surface area contributed by atoms with Gasteiger partial charge in [-0.1, -0.05) is 54.1 Å². The maximum absolute atomic E-state index is 13.5. The summed E-state index contributed by atoms with van der Waals surface area (Å²) in [6.07, 6.45) is 4.33. The standard InChI is InChI=1S/C27H29ClFN7S/c1-19-17-20(2)31-25(30-19)33-26(34-27(37)32-22-10-11-24(29)23(28)18-22)36-15-13-35(14-16-36)12-6-9-21-7-4-3-5-8-21/h3-11,17-18H,12-16H2,1-2H3,(H2,30,31,32,33,34,37)/b9-6+. The van der Waals surface area contributed by atoms with E-state index in [-0.39, 0.29) is 10.1 Å². The molecule has 1 aliphatic rings. The highest BCUT2D eigenvalue weighted by Gasteiger charge is 2.21. The van der Waals surface area contributed by atoms with Crippen LogP contribution in [-0.4, -0.2) is 63.6 Å². The summed E-state index contributed by atoms with van der Waals surface area (Å²) in [6, 6.07) is 16.5. The minimum atomic E-state index is -0.493. The summed E-state index contributed by atoms with van der Waals surface area (Å²) in [6.45, 7) is 7.93. The third kappa shape index (κ3) is 8.04. The Kier molecular flexibility index (Phi) is 9.16. The second kappa shape index (κ2) is 12.7. The number of aryl methyl sites for hydroxylation is 2. The lowest BCUT2D eigenvalue weighted by Gasteiger charge is -2.35.